The van der Waals surface area contributed by atoms with Crippen molar-refractivity contribution in [3.8, 4) is 5.75 Å². The Labute approximate surface area is 74.2 Å². The minimum absolute atomic E-state index is 0.0323. The maximum atomic E-state index is 12.9. The van der Waals surface area contributed by atoms with Gasteiger partial charge in [-0.15, -0.1) is 0 Å². The predicted octanol–water partition coefficient (Wildman–Crippen LogP) is 1.70. The minimum Gasteiger partial charge on any atom is -0.505 e. The van der Waals surface area contributed by atoms with Gasteiger partial charge in [-0.2, -0.15) is 4.39 Å². The SMILES string of the molecule is Oc1c([C@H]2CCN2)ccc(F)c1F. The van der Waals surface area contributed by atoms with Gasteiger partial charge in [0.2, 0.25) is 5.82 Å². The number of benzene rings is 1. The zero-order valence-electron chi connectivity index (χ0n) is 6.85. The van der Waals surface area contributed by atoms with E-state index in [9.17, 15) is 13.9 Å². The Bertz CT molecular complexity index is 337. The molecular formula is C9H9F2NO. The molecule has 0 aliphatic carbocycles. The van der Waals surface area contributed by atoms with Crippen LogP contribution in [0.5, 0.6) is 5.75 Å². The Kier molecular flexibility index (Phi) is 1.92. The topological polar surface area (TPSA) is 32.3 Å². The van der Waals surface area contributed by atoms with E-state index in [-0.39, 0.29) is 6.04 Å². The standard InChI is InChI=1S/C9H9F2NO/c10-6-2-1-5(7-3-4-12-7)9(13)8(6)11/h1-2,7,12-13H,3-4H2/t7-/m1/s1. The molecule has 0 spiro atoms. The molecule has 13 heavy (non-hydrogen) atoms. The molecule has 0 saturated carbocycles. The van der Waals surface area contributed by atoms with Crippen molar-refractivity contribution >= 4 is 0 Å². The monoisotopic (exact) mass is 185 g/mol. The number of nitrogens with one attached hydrogen (secondary N) is 1. The van der Waals surface area contributed by atoms with Crippen LogP contribution in [0, 0.1) is 11.6 Å². The van der Waals surface area contributed by atoms with E-state index in [1.54, 1.807) is 0 Å². The van der Waals surface area contributed by atoms with Crippen LogP contribution in [-0.4, -0.2) is 11.7 Å². The van der Waals surface area contributed by atoms with Gasteiger partial charge in [0.25, 0.3) is 0 Å². The third-order valence-corrected chi connectivity index (χ3v) is 2.30. The number of phenols is 1. The van der Waals surface area contributed by atoms with Gasteiger partial charge in [-0.25, -0.2) is 4.39 Å². The number of phenolic OH excluding ortho intramolecular Hbond substituents is 1. The van der Waals surface area contributed by atoms with Gasteiger partial charge in [0.1, 0.15) is 0 Å². The molecule has 0 bridgehead atoms. The maximum absolute atomic E-state index is 12.9. The largest absolute Gasteiger partial charge is 0.505 e. The first-order valence-corrected chi connectivity index (χ1v) is 4.10. The summed E-state index contributed by atoms with van der Waals surface area (Å²) >= 11 is 0. The fourth-order valence-electron chi connectivity index (χ4n) is 1.39. The zero-order valence-corrected chi connectivity index (χ0v) is 6.85. The van der Waals surface area contributed by atoms with Crippen molar-refractivity contribution in [1.29, 1.82) is 0 Å². The molecule has 1 heterocycles. The van der Waals surface area contributed by atoms with Gasteiger partial charge in [-0.1, -0.05) is 6.07 Å². The van der Waals surface area contributed by atoms with Crippen LogP contribution in [0.15, 0.2) is 12.1 Å². The van der Waals surface area contributed by atoms with Crippen LogP contribution in [-0.2, 0) is 0 Å². The molecular weight excluding hydrogens is 176 g/mol. The normalized spacial score (nSPS) is 21.2. The van der Waals surface area contributed by atoms with Crippen molar-refractivity contribution in [3.63, 3.8) is 0 Å². The van der Waals surface area contributed by atoms with Crippen LogP contribution >= 0.6 is 0 Å². The summed E-state index contributed by atoms with van der Waals surface area (Å²) in [7, 11) is 0. The highest BCUT2D eigenvalue weighted by Gasteiger charge is 2.24. The molecule has 1 fully saturated rings. The second-order valence-electron chi connectivity index (χ2n) is 3.09. The van der Waals surface area contributed by atoms with Crippen molar-refractivity contribution in [2.45, 2.75) is 12.5 Å². The van der Waals surface area contributed by atoms with Crippen LogP contribution in [0.1, 0.15) is 18.0 Å². The number of halogens is 2. The van der Waals surface area contributed by atoms with E-state index in [1.165, 1.54) is 6.07 Å². The Morgan fingerprint density at radius 2 is 2.08 bits per heavy atom. The zero-order chi connectivity index (χ0) is 9.42. The fourth-order valence-corrected chi connectivity index (χ4v) is 1.39. The molecule has 70 valence electrons. The molecule has 1 aliphatic rings. The van der Waals surface area contributed by atoms with E-state index in [4.69, 9.17) is 0 Å². The number of hydrogen-bond donors (Lipinski definition) is 2. The first-order valence-electron chi connectivity index (χ1n) is 4.10. The molecule has 1 aromatic rings. The Hall–Kier alpha value is -1.16. The van der Waals surface area contributed by atoms with Crippen LogP contribution in [0.25, 0.3) is 0 Å². The summed E-state index contributed by atoms with van der Waals surface area (Å²) in [6, 6.07) is 2.41. The van der Waals surface area contributed by atoms with Crippen molar-refractivity contribution < 1.29 is 13.9 Å². The highest BCUT2D eigenvalue weighted by molar-refractivity contribution is 5.37. The summed E-state index contributed by atoms with van der Waals surface area (Å²) in [5.41, 5.74) is 0.435. The minimum atomic E-state index is -1.16. The lowest BCUT2D eigenvalue weighted by Crippen LogP contribution is -2.35. The van der Waals surface area contributed by atoms with Gasteiger partial charge in [0, 0.05) is 11.6 Å². The summed E-state index contributed by atoms with van der Waals surface area (Å²) < 4.78 is 25.4. The highest BCUT2D eigenvalue weighted by atomic mass is 19.2. The molecule has 1 aromatic carbocycles. The number of hydrogen-bond acceptors (Lipinski definition) is 2. The summed E-state index contributed by atoms with van der Waals surface area (Å²) in [5.74, 6) is -2.75. The summed E-state index contributed by atoms with van der Waals surface area (Å²) in [5, 5.41) is 12.3. The molecule has 1 atom stereocenters. The van der Waals surface area contributed by atoms with E-state index in [0.717, 1.165) is 19.0 Å². The van der Waals surface area contributed by atoms with E-state index in [2.05, 4.69) is 5.32 Å². The molecule has 4 heteroatoms. The van der Waals surface area contributed by atoms with E-state index in [1.807, 2.05) is 0 Å². The van der Waals surface area contributed by atoms with Gasteiger partial charge in [0.05, 0.1) is 0 Å². The lowest BCUT2D eigenvalue weighted by molar-refractivity contribution is 0.348. The predicted molar refractivity (Wildman–Crippen MR) is 43.4 cm³/mol. The smallest absolute Gasteiger partial charge is 0.200 e. The van der Waals surface area contributed by atoms with Gasteiger partial charge in [0.15, 0.2) is 11.6 Å². The average Bonchev–Trinajstić information content (AvgIpc) is 2.03. The molecule has 0 aromatic heterocycles. The van der Waals surface area contributed by atoms with Crippen molar-refractivity contribution in [2.75, 3.05) is 6.54 Å². The summed E-state index contributed by atoms with van der Waals surface area (Å²) in [6.45, 7) is 0.850. The average molecular weight is 185 g/mol. The van der Waals surface area contributed by atoms with Gasteiger partial charge in [-0.3, -0.25) is 0 Å². The van der Waals surface area contributed by atoms with Crippen LogP contribution in [0.3, 0.4) is 0 Å². The maximum Gasteiger partial charge on any atom is 0.200 e. The second kappa shape index (κ2) is 2.96. The van der Waals surface area contributed by atoms with Gasteiger partial charge in [-0.05, 0) is 19.0 Å². The molecule has 2 nitrogen and oxygen atoms in total. The number of rotatable bonds is 1. The summed E-state index contributed by atoms with van der Waals surface area (Å²) in [6.07, 6.45) is 0.846. The fraction of sp³-hybridized carbons (Fsp3) is 0.333. The molecule has 2 rings (SSSR count). The van der Waals surface area contributed by atoms with E-state index >= 15 is 0 Å². The Morgan fingerprint density at radius 1 is 1.38 bits per heavy atom. The van der Waals surface area contributed by atoms with Crippen molar-refractivity contribution in [1.82, 2.24) is 5.32 Å². The molecule has 1 aliphatic heterocycles. The Balaban J connectivity index is 2.41. The number of aromatic hydroxyl groups is 1. The van der Waals surface area contributed by atoms with Gasteiger partial charge < -0.3 is 10.4 Å². The molecule has 0 radical (unpaired) electrons. The molecule has 0 amide bonds. The lowest BCUT2D eigenvalue weighted by Gasteiger charge is -2.28. The molecule has 1 saturated heterocycles. The third-order valence-electron chi connectivity index (χ3n) is 2.30. The van der Waals surface area contributed by atoms with Crippen LogP contribution in [0.4, 0.5) is 8.78 Å². The van der Waals surface area contributed by atoms with Crippen molar-refractivity contribution in [3.05, 3.63) is 29.3 Å². The quantitative estimate of drug-likeness (QED) is 0.698. The van der Waals surface area contributed by atoms with Crippen LogP contribution in [0.2, 0.25) is 0 Å². The van der Waals surface area contributed by atoms with E-state index < -0.39 is 17.4 Å². The molecule has 0 unspecified atom stereocenters. The Morgan fingerprint density at radius 3 is 2.62 bits per heavy atom. The lowest BCUT2D eigenvalue weighted by atomic mass is 9.97. The summed E-state index contributed by atoms with van der Waals surface area (Å²) in [4.78, 5) is 0. The van der Waals surface area contributed by atoms with E-state index in [0.29, 0.717) is 5.56 Å². The first-order chi connectivity index (χ1) is 6.20. The highest BCUT2D eigenvalue weighted by Crippen LogP contribution is 2.32. The van der Waals surface area contributed by atoms with Gasteiger partial charge >= 0.3 is 0 Å². The van der Waals surface area contributed by atoms with Crippen LogP contribution < -0.4 is 5.32 Å². The first kappa shape index (κ1) is 8.44. The third kappa shape index (κ3) is 1.27. The molecule has 2 N–H and O–H groups in total. The second-order valence-corrected chi connectivity index (χ2v) is 3.09. The van der Waals surface area contributed by atoms with Crippen molar-refractivity contribution in [2.24, 2.45) is 0 Å².